The van der Waals surface area contributed by atoms with Crippen LogP contribution in [0.25, 0.3) is 0 Å². The van der Waals surface area contributed by atoms with E-state index in [4.69, 9.17) is 94.4 Å². The molecular weight excluding hydrogens is 1790 g/mol. The van der Waals surface area contributed by atoms with Gasteiger partial charge in [-0.1, -0.05) is 412 Å². The molecule has 20 nitrogen and oxygen atoms in total. The molecular formula is C120H138O20Si. The van der Waals surface area contributed by atoms with Gasteiger partial charge in [-0.05, 0) is 109 Å². The van der Waals surface area contributed by atoms with Crippen molar-refractivity contribution in [3.63, 3.8) is 0 Å². The van der Waals surface area contributed by atoms with Gasteiger partial charge in [-0.2, -0.15) is 0 Å². The lowest BCUT2D eigenvalue weighted by Gasteiger charge is -2.53. The molecule has 21 heteroatoms. The Morgan fingerprint density at radius 2 is 0.482 bits per heavy atom. The molecule has 1 unspecified atom stereocenters. The molecule has 0 aromatic heterocycles. The first kappa shape index (κ1) is 104. The highest BCUT2D eigenvalue weighted by Gasteiger charge is 2.61. The van der Waals surface area contributed by atoms with Crippen LogP contribution in [-0.2, 0) is 174 Å². The zero-order chi connectivity index (χ0) is 97.0. The lowest BCUT2D eigenvalue weighted by molar-refractivity contribution is -0.432. The third-order valence-corrected chi connectivity index (χ3v) is 32.7. The average Bonchev–Trinajstić information content (AvgIpc) is 0.750. The van der Waals surface area contributed by atoms with Crippen LogP contribution in [0.5, 0.6) is 0 Å². The summed E-state index contributed by atoms with van der Waals surface area (Å²) in [6.45, 7) is 19.0. The standard InChI is InChI=1S/C120H138O20Si/c1-8-9-46-73-121-115-109(128-80-96-61-36-17-37-62-96)105(124-76-92-53-28-13-29-54-92)104(123-75-91-51-26-12-27-52-91)102(134-115)85-133-117-112(106(125-77-93-55-30-14-31-56-93)110(129-81-97-63-38-18-39-64-97)116(138-117)132-84-100-69-44-21-45-70-100)135-119-113(107(126-78-94-57-32-15-33-58-94)111(130-82-98-65-40-19-41-66-98)120(139-119)140-141(86(2)3,87(4)5)88(6)7)136-118-108(127-79-95-59-34-16-35-60-95)103(122-74-90-49-24-11-25-50-90)101(72-71-89-47-22-10-23-48-89)114(137-118)131-83-99-67-42-20-43-68-99/h8,10-45,47-70,86-88,101-120H,1,9,46,71-85H2,2-7H3/t101-,102-,103-,104-,105+,106+,107-,108-,109+,110+,111-,112+,113-,114-,115?,116+,117+,118-,119-,120+/m1/s1. The third kappa shape index (κ3) is 29.6. The van der Waals surface area contributed by atoms with Crippen molar-refractivity contribution in [3.8, 4) is 0 Å². The molecule has 0 saturated carbocycles. The van der Waals surface area contributed by atoms with Crippen molar-refractivity contribution < 1.29 is 94.4 Å². The summed E-state index contributed by atoms with van der Waals surface area (Å²) in [6.07, 6.45) is -17.9. The van der Waals surface area contributed by atoms with E-state index < -0.39 is 132 Å². The molecule has 0 radical (unpaired) electrons. The second-order valence-electron chi connectivity index (χ2n) is 37.6. The maximum absolute atomic E-state index is 8.45. The average molecular weight is 1930 g/mol. The lowest BCUT2D eigenvalue weighted by atomic mass is 9.87. The van der Waals surface area contributed by atoms with E-state index in [9.17, 15) is 0 Å². The molecule has 0 spiro atoms. The minimum absolute atomic E-state index is 0.0193. The number of ether oxygens (including phenoxy) is 19. The van der Waals surface area contributed by atoms with E-state index in [0.29, 0.717) is 25.7 Å². The molecule has 4 fully saturated rings. The van der Waals surface area contributed by atoms with Crippen LogP contribution in [0, 0.1) is 5.92 Å². The van der Waals surface area contributed by atoms with Crippen LogP contribution < -0.4 is 0 Å². The van der Waals surface area contributed by atoms with Crippen molar-refractivity contribution in [1.29, 1.82) is 0 Å². The molecule has 0 aliphatic carbocycles. The van der Waals surface area contributed by atoms with Gasteiger partial charge in [0.1, 0.15) is 67.1 Å². The number of hydrogen-bond donors (Lipinski definition) is 0. The monoisotopic (exact) mass is 1930 g/mol. The zero-order valence-corrected chi connectivity index (χ0v) is 82.9. The molecule has 4 aliphatic rings. The van der Waals surface area contributed by atoms with Crippen molar-refractivity contribution in [3.05, 3.63) is 443 Å². The molecule has 0 amide bonds. The Morgan fingerprint density at radius 1 is 0.241 bits per heavy atom. The molecule has 141 heavy (non-hydrogen) atoms. The van der Waals surface area contributed by atoms with Crippen molar-refractivity contribution in [2.45, 2.75) is 274 Å². The summed E-state index contributed by atoms with van der Waals surface area (Å²) in [5, 5.41) is 0. The number of unbranched alkanes of at least 4 members (excludes halogenated alkanes) is 1. The van der Waals surface area contributed by atoms with E-state index in [1.807, 2.05) is 309 Å². The van der Waals surface area contributed by atoms with Crippen LogP contribution in [0.4, 0.5) is 0 Å². The van der Waals surface area contributed by atoms with E-state index in [2.05, 4.69) is 109 Å². The minimum Gasteiger partial charge on any atom is -0.389 e. The fourth-order valence-electron chi connectivity index (χ4n) is 19.5. The van der Waals surface area contributed by atoms with Crippen molar-refractivity contribution in [2.75, 3.05) is 13.2 Å². The first-order chi connectivity index (χ1) is 69.4. The Labute approximate surface area is 834 Å². The van der Waals surface area contributed by atoms with Gasteiger partial charge < -0.3 is 94.4 Å². The van der Waals surface area contributed by atoms with Gasteiger partial charge in [-0.25, -0.2) is 0 Å². The number of allylic oxidation sites excluding steroid dienone is 1. The Hall–Kier alpha value is -10.2. The molecule has 12 aromatic rings. The first-order valence-corrected chi connectivity index (χ1v) is 52.2. The predicted molar refractivity (Wildman–Crippen MR) is 544 cm³/mol. The molecule has 742 valence electrons. The molecule has 12 aromatic carbocycles. The molecule has 16 rings (SSSR count). The van der Waals surface area contributed by atoms with Gasteiger partial charge in [0.25, 0.3) is 0 Å². The van der Waals surface area contributed by atoms with Crippen LogP contribution in [0.3, 0.4) is 0 Å². The molecule has 4 heterocycles. The highest BCUT2D eigenvalue weighted by atomic mass is 28.4. The summed E-state index contributed by atoms with van der Waals surface area (Å²) in [7, 11) is -3.14. The Bertz CT molecular complexity index is 5430. The molecule has 4 aliphatic heterocycles. The van der Waals surface area contributed by atoms with Gasteiger partial charge in [0.15, 0.2) is 44.0 Å². The SMILES string of the molecule is C=CCCCOC1O[C@H](CO[C@H]2O[C@H](OCc3ccccc3)[C@@H](OCc3ccccc3)[C@H](OCc3ccccc3)[C@@H]2O[C@@H]2O[C@@H](O[Si](C(C)C)(C(C)C)C(C)C)[C@H](OCc3ccccc3)[C@@H](OCc3ccccc3)[C@H]2O[C@@H]2O[C@@H](OCc3ccccc3)[C@H](CCc3ccccc3)[C@@H](OCc3ccccc3)[C@H]2OCc2ccccc2)[C@@H](OCc2ccccc2)[C@H](OCc2ccccc2)[C@@H]1OCc1ccccc1. The minimum atomic E-state index is -3.14. The fraction of sp³-hybridized carbons (Fsp3) is 0.383. The van der Waals surface area contributed by atoms with Gasteiger partial charge in [0.05, 0.1) is 92.0 Å². The van der Waals surface area contributed by atoms with E-state index >= 15 is 0 Å². The maximum Gasteiger partial charge on any atom is 0.203 e. The van der Waals surface area contributed by atoms with E-state index in [1.54, 1.807) is 0 Å². The fourth-order valence-corrected chi connectivity index (χ4v) is 24.9. The van der Waals surface area contributed by atoms with Crippen LogP contribution in [0.1, 0.15) is 128 Å². The van der Waals surface area contributed by atoms with Crippen LogP contribution >= 0.6 is 0 Å². The Kier molecular flexibility index (Phi) is 40.1. The van der Waals surface area contributed by atoms with Crippen LogP contribution in [0.15, 0.2) is 377 Å². The zero-order valence-electron chi connectivity index (χ0n) is 81.9. The van der Waals surface area contributed by atoms with Crippen LogP contribution in [-0.4, -0.2) is 139 Å². The quantitative estimate of drug-likeness (QED) is 0.0199. The van der Waals surface area contributed by atoms with Gasteiger partial charge in [0.2, 0.25) is 8.32 Å². The predicted octanol–water partition coefficient (Wildman–Crippen LogP) is 23.7. The van der Waals surface area contributed by atoms with E-state index in [0.717, 1.165) is 66.8 Å². The lowest BCUT2D eigenvalue weighted by Crippen LogP contribution is -2.69. The highest BCUT2D eigenvalue weighted by molar-refractivity contribution is 6.77. The molecule has 20 atom stereocenters. The van der Waals surface area contributed by atoms with Gasteiger partial charge >= 0.3 is 0 Å². The number of aryl methyl sites for hydroxylation is 1. The topological polar surface area (TPSA) is 185 Å². The highest BCUT2D eigenvalue weighted by Crippen LogP contribution is 2.48. The van der Waals surface area contributed by atoms with E-state index in [-0.39, 0.29) is 103 Å². The third-order valence-electron chi connectivity index (χ3n) is 26.7. The Morgan fingerprint density at radius 3 is 0.816 bits per heavy atom. The van der Waals surface area contributed by atoms with Crippen LogP contribution in [0.2, 0.25) is 16.6 Å². The number of hydrogen-bond acceptors (Lipinski definition) is 20. The molecule has 4 saturated heterocycles. The second-order valence-corrected chi connectivity index (χ2v) is 43.0. The second kappa shape index (κ2) is 54.5. The maximum atomic E-state index is 8.45. The Balaban J connectivity index is 0.901. The summed E-state index contributed by atoms with van der Waals surface area (Å²) in [6, 6.07) is 121. The van der Waals surface area contributed by atoms with Gasteiger partial charge in [-0.15, -0.1) is 6.58 Å². The summed E-state index contributed by atoms with van der Waals surface area (Å²) >= 11 is 0. The smallest absolute Gasteiger partial charge is 0.203 e. The number of rotatable bonds is 53. The van der Waals surface area contributed by atoms with Gasteiger partial charge in [0, 0.05) is 5.92 Å². The van der Waals surface area contributed by atoms with Crippen molar-refractivity contribution in [2.24, 2.45) is 5.92 Å². The normalized spacial score (nSPS) is 24.9. The molecule has 0 N–H and O–H groups in total. The molecule has 0 bridgehead atoms. The summed E-state index contributed by atoms with van der Waals surface area (Å²) in [5.74, 6) is -0.502. The largest absolute Gasteiger partial charge is 0.389 e. The van der Waals surface area contributed by atoms with Crippen molar-refractivity contribution >= 4 is 8.32 Å². The summed E-state index contributed by atoms with van der Waals surface area (Å²) in [5.41, 5.74) is 11.1. The summed E-state index contributed by atoms with van der Waals surface area (Å²) < 4.78 is 154. The first-order valence-electron chi connectivity index (χ1n) is 50.1. The number of benzene rings is 12. The summed E-state index contributed by atoms with van der Waals surface area (Å²) in [4.78, 5) is 0. The van der Waals surface area contributed by atoms with E-state index in [1.165, 1.54) is 0 Å². The van der Waals surface area contributed by atoms with Crippen molar-refractivity contribution in [1.82, 2.24) is 0 Å². The van der Waals surface area contributed by atoms with Gasteiger partial charge in [-0.3, -0.25) is 0 Å².